The molecule has 19 heteroatoms. The number of aliphatic imine (C=N–C) groups is 1. The highest BCUT2D eigenvalue weighted by atomic mass is 16.2. The number of amides is 6. The number of nitrogens with one attached hydrogen (secondary N) is 5. The van der Waals surface area contributed by atoms with Crippen LogP contribution in [0.3, 0.4) is 0 Å². The number of guanidine groups is 1. The molecule has 0 saturated carbocycles. The molecule has 2 aromatic carbocycles. The number of hydrogen-bond acceptors (Lipinski definition) is 12. The monoisotopic (exact) mass is 888 g/mol. The molecule has 2 saturated heterocycles. The lowest BCUT2D eigenvalue weighted by molar-refractivity contribution is -0.136. The summed E-state index contributed by atoms with van der Waals surface area (Å²) in [4.78, 5) is 90.4. The maximum atomic E-state index is 13.9. The van der Waals surface area contributed by atoms with Crippen molar-refractivity contribution in [2.75, 3.05) is 88.8 Å². The van der Waals surface area contributed by atoms with Gasteiger partial charge in [-0.2, -0.15) is 0 Å². The van der Waals surface area contributed by atoms with Gasteiger partial charge in [0.15, 0.2) is 5.96 Å². The number of piperazine rings is 1. The largest absolute Gasteiger partial charge is 0.370 e. The maximum Gasteiger partial charge on any atom is 0.257 e. The van der Waals surface area contributed by atoms with E-state index in [2.05, 4.69) is 46.3 Å². The number of benzene rings is 2. The van der Waals surface area contributed by atoms with Gasteiger partial charge in [0, 0.05) is 52.7 Å². The maximum absolute atomic E-state index is 13.9. The molecule has 0 unspecified atom stereocenters. The summed E-state index contributed by atoms with van der Waals surface area (Å²) in [7, 11) is 0. The van der Waals surface area contributed by atoms with Crippen LogP contribution < -0.4 is 48.7 Å². The smallest absolute Gasteiger partial charge is 0.257 e. The third kappa shape index (κ3) is 15.1. The SMILES string of the molecule is CC(=O)N[C@H](CCCN)C(=O)NC(=O)[C@H](C)NC(=O)[C@H](CCCN=C(N)N)NCCN1CCN(CCCC2CCN(CC(=O)N3c4ccccc4NC(=O)c4ccccc43)CC2)CC1. The van der Waals surface area contributed by atoms with Gasteiger partial charge in [-0.15, -0.1) is 0 Å². The Kier molecular flexibility index (Phi) is 19.5. The molecule has 3 aliphatic rings. The van der Waals surface area contributed by atoms with Crippen molar-refractivity contribution in [3.05, 3.63) is 54.1 Å². The molecule has 6 amide bonds. The van der Waals surface area contributed by atoms with E-state index in [9.17, 15) is 28.8 Å². The predicted octanol–water partition coefficient (Wildman–Crippen LogP) is 0.430. The molecule has 350 valence electrons. The molecule has 3 atom stereocenters. The second-order valence-electron chi connectivity index (χ2n) is 17.0. The minimum atomic E-state index is -1.01. The number of anilines is 3. The summed E-state index contributed by atoms with van der Waals surface area (Å²) in [6.45, 7) is 11.6. The Balaban J connectivity index is 0.997. The van der Waals surface area contributed by atoms with Crippen LogP contribution in [0.4, 0.5) is 17.1 Å². The van der Waals surface area contributed by atoms with Crippen molar-refractivity contribution < 1.29 is 28.8 Å². The van der Waals surface area contributed by atoms with E-state index in [1.54, 1.807) is 11.0 Å². The summed E-state index contributed by atoms with van der Waals surface area (Å²) in [5, 5.41) is 13.9. The zero-order valence-electron chi connectivity index (χ0n) is 37.5. The first-order valence-electron chi connectivity index (χ1n) is 22.7. The number of carbonyl (C=O) groups is 6. The van der Waals surface area contributed by atoms with Crippen LogP contribution in [0.5, 0.6) is 0 Å². The number of rotatable bonds is 22. The zero-order valence-corrected chi connectivity index (χ0v) is 37.5. The molecule has 0 spiro atoms. The summed E-state index contributed by atoms with van der Waals surface area (Å²) >= 11 is 0. The summed E-state index contributed by atoms with van der Waals surface area (Å²) in [6.07, 6.45) is 6.10. The fourth-order valence-corrected chi connectivity index (χ4v) is 8.52. The Morgan fingerprint density at radius 1 is 0.781 bits per heavy atom. The Morgan fingerprint density at radius 3 is 2.12 bits per heavy atom. The van der Waals surface area contributed by atoms with Gasteiger partial charge in [0.1, 0.15) is 12.1 Å². The third-order valence-electron chi connectivity index (χ3n) is 12.1. The van der Waals surface area contributed by atoms with Crippen molar-refractivity contribution in [3.63, 3.8) is 0 Å². The highest BCUT2D eigenvalue weighted by molar-refractivity contribution is 6.18. The first-order valence-corrected chi connectivity index (χ1v) is 22.7. The second-order valence-corrected chi connectivity index (χ2v) is 17.0. The van der Waals surface area contributed by atoms with Crippen LogP contribution in [0, 0.1) is 5.92 Å². The van der Waals surface area contributed by atoms with Crippen LogP contribution >= 0.6 is 0 Å². The molecule has 0 radical (unpaired) electrons. The van der Waals surface area contributed by atoms with Crippen LogP contribution in [-0.4, -0.2) is 153 Å². The lowest BCUT2D eigenvalue weighted by atomic mass is 9.92. The van der Waals surface area contributed by atoms with E-state index in [0.717, 1.165) is 78.0 Å². The Bertz CT molecular complexity index is 1930. The fraction of sp³-hybridized carbons (Fsp3) is 0.578. The van der Waals surface area contributed by atoms with E-state index >= 15 is 0 Å². The molecule has 3 heterocycles. The average molecular weight is 888 g/mol. The molecule has 3 aliphatic heterocycles. The van der Waals surface area contributed by atoms with Gasteiger partial charge in [0.25, 0.3) is 5.91 Å². The Morgan fingerprint density at radius 2 is 1.44 bits per heavy atom. The van der Waals surface area contributed by atoms with Gasteiger partial charge in [0.05, 0.1) is 35.2 Å². The van der Waals surface area contributed by atoms with E-state index in [-0.39, 0.29) is 36.6 Å². The number of imide groups is 1. The van der Waals surface area contributed by atoms with Gasteiger partial charge in [-0.05, 0) is 115 Å². The third-order valence-corrected chi connectivity index (χ3v) is 12.1. The second kappa shape index (κ2) is 25.1. The highest BCUT2D eigenvalue weighted by Gasteiger charge is 2.32. The number of para-hydroxylation sites is 3. The van der Waals surface area contributed by atoms with Crippen molar-refractivity contribution in [1.82, 2.24) is 36.0 Å². The molecule has 0 aliphatic carbocycles. The molecule has 5 rings (SSSR count). The summed E-state index contributed by atoms with van der Waals surface area (Å²) in [6, 6.07) is 12.2. The van der Waals surface area contributed by atoms with E-state index in [0.29, 0.717) is 67.4 Å². The van der Waals surface area contributed by atoms with Crippen molar-refractivity contribution in [3.8, 4) is 0 Å². The van der Waals surface area contributed by atoms with E-state index < -0.39 is 35.8 Å². The quantitative estimate of drug-likeness (QED) is 0.0454. The Labute approximate surface area is 376 Å². The summed E-state index contributed by atoms with van der Waals surface area (Å²) in [5.41, 5.74) is 18.9. The molecule has 0 aromatic heterocycles. The number of fused-ring (bicyclic) bond motifs is 2. The Hall–Kier alpha value is -5.47. The minimum absolute atomic E-state index is 0.0277. The predicted molar refractivity (Wildman–Crippen MR) is 248 cm³/mol. The molecular weight excluding hydrogens is 819 g/mol. The van der Waals surface area contributed by atoms with Crippen LogP contribution in [0.15, 0.2) is 53.5 Å². The van der Waals surface area contributed by atoms with Crippen LogP contribution in [-0.2, 0) is 24.0 Å². The van der Waals surface area contributed by atoms with Crippen molar-refractivity contribution in [2.24, 2.45) is 28.1 Å². The van der Waals surface area contributed by atoms with Gasteiger partial charge >= 0.3 is 0 Å². The molecule has 2 fully saturated rings. The standard InChI is InChI=1S/C45H69N13O6/c1-31(41(61)54-44(64)37(13-7-19-46)52-32(2)59)51-43(63)36(14-8-20-50-45(47)48)49-21-25-56-28-26-55(27-29-56)22-9-10-33-17-23-57(24-18-33)30-40(60)58-38-15-5-3-11-34(38)42(62)53-35-12-4-6-16-39(35)58/h3-6,11-12,15-16,31,33,36-37,49H,7-10,13-14,17-30,46H2,1-2H3,(H,51,63)(H,52,59)(H,53,62)(H4,47,48,50)(H,54,61,64)/t31-,36-,37+/m0/s1. The molecule has 19 nitrogen and oxygen atoms in total. The first-order chi connectivity index (χ1) is 30.8. The summed E-state index contributed by atoms with van der Waals surface area (Å²) < 4.78 is 0. The van der Waals surface area contributed by atoms with Crippen molar-refractivity contribution in [1.29, 1.82) is 0 Å². The number of carbonyl (C=O) groups excluding carboxylic acids is 6. The minimum Gasteiger partial charge on any atom is -0.370 e. The number of likely N-dealkylation sites (tertiary alicyclic amines) is 1. The number of nitrogens with two attached hydrogens (primary N) is 3. The van der Waals surface area contributed by atoms with Crippen LogP contribution in [0.25, 0.3) is 0 Å². The number of hydrogen-bond donors (Lipinski definition) is 8. The lowest BCUT2D eigenvalue weighted by Gasteiger charge is -2.36. The van der Waals surface area contributed by atoms with Crippen LogP contribution in [0.2, 0.25) is 0 Å². The van der Waals surface area contributed by atoms with Gasteiger partial charge in [-0.1, -0.05) is 24.3 Å². The molecule has 11 N–H and O–H groups in total. The van der Waals surface area contributed by atoms with Crippen molar-refractivity contribution in [2.45, 2.75) is 83.3 Å². The first kappa shape index (κ1) is 49.5. The molecule has 0 bridgehead atoms. The fourth-order valence-electron chi connectivity index (χ4n) is 8.52. The lowest BCUT2D eigenvalue weighted by Crippen LogP contribution is -2.55. The van der Waals surface area contributed by atoms with E-state index in [1.807, 2.05) is 42.5 Å². The number of nitrogens with zero attached hydrogens (tertiary/aromatic N) is 5. The average Bonchev–Trinajstić information content (AvgIpc) is 3.40. The topological polar surface area (TPSA) is 266 Å². The molecular formula is C45H69N13O6. The summed E-state index contributed by atoms with van der Waals surface area (Å²) in [5.74, 6) is -1.81. The molecule has 2 aromatic rings. The normalized spacial score (nSPS) is 17.4. The zero-order chi connectivity index (χ0) is 46.0. The highest BCUT2D eigenvalue weighted by Crippen LogP contribution is 2.38. The van der Waals surface area contributed by atoms with Gasteiger partial charge in [0.2, 0.25) is 29.5 Å². The van der Waals surface area contributed by atoms with E-state index in [1.165, 1.54) is 13.8 Å². The number of piperidine rings is 1. The molecule has 64 heavy (non-hydrogen) atoms. The van der Waals surface area contributed by atoms with Crippen molar-refractivity contribution >= 4 is 58.5 Å². The van der Waals surface area contributed by atoms with Gasteiger partial charge in [-0.25, -0.2) is 0 Å². The van der Waals surface area contributed by atoms with Gasteiger partial charge in [-0.3, -0.25) is 53.8 Å². The van der Waals surface area contributed by atoms with Gasteiger partial charge < -0.3 is 43.4 Å². The van der Waals surface area contributed by atoms with E-state index in [4.69, 9.17) is 17.2 Å². The van der Waals surface area contributed by atoms with Crippen LogP contribution in [0.1, 0.15) is 75.6 Å².